The van der Waals surface area contributed by atoms with Crippen LogP contribution in [0, 0.1) is 0 Å². The van der Waals surface area contributed by atoms with Gasteiger partial charge in [0.2, 0.25) is 5.91 Å². The van der Waals surface area contributed by atoms with Gasteiger partial charge in [-0.25, -0.2) is 14.5 Å². The number of nitrogens with one attached hydrogen (secondary N) is 1. The molecule has 25 heavy (non-hydrogen) atoms. The highest BCUT2D eigenvalue weighted by atomic mass is 32.2. The monoisotopic (exact) mass is 355 g/mol. The molecule has 0 unspecified atom stereocenters. The van der Waals surface area contributed by atoms with Gasteiger partial charge in [0, 0.05) is 24.7 Å². The summed E-state index contributed by atoms with van der Waals surface area (Å²) < 4.78 is 1.54. The molecule has 2 aromatic heterocycles. The Labute approximate surface area is 148 Å². The van der Waals surface area contributed by atoms with Crippen molar-refractivity contribution < 1.29 is 4.79 Å². The first-order valence-corrected chi connectivity index (χ1v) is 9.15. The molecular weight excluding hydrogens is 338 g/mol. The largest absolute Gasteiger partial charge is 0.342 e. The minimum atomic E-state index is -0.243. The van der Waals surface area contributed by atoms with Gasteiger partial charge in [0.15, 0.2) is 16.6 Å². The van der Waals surface area contributed by atoms with E-state index in [1.165, 1.54) is 22.3 Å². The molecule has 1 saturated heterocycles. The number of rotatable bonds is 4. The molecule has 0 bridgehead atoms. The van der Waals surface area contributed by atoms with Crippen molar-refractivity contribution in [3.05, 3.63) is 46.8 Å². The van der Waals surface area contributed by atoms with Crippen LogP contribution in [0.2, 0.25) is 0 Å². The molecule has 8 heteroatoms. The van der Waals surface area contributed by atoms with Crippen LogP contribution in [0.4, 0.5) is 0 Å². The minimum absolute atomic E-state index is 0.102. The number of likely N-dealkylation sites (tertiary alicyclic amines) is 1. The average molecular weight is 355 g/mol. The first-order valence-electron chi connectivity index (χ1n) is 8.16. The highest BCUT2D eigenvalue weighted by Crippen LogP contribution is 2.22. The number of benzene rings is 1. The fourth-order valence-corrected chi connectivity index (χ4v) is 3.74. The smallest absolute Gasteiger partial charge is 0.266 e. The molecule has 3 heterocycles. The lowest BCUT2D eigenvalue weighted by molar-refractivity contribution is -0.127. The lowest BCUT2D eigenvalue weighted by Crippen LogP contribution is -2.29. The molecule has 1 N–H and O–H groups in total. The van der Waals surface area contributed by atoms with Crippen molar-refractivity contribution in [1.29, 1.82) is 0 Å². The molecule has 1 aliphatic heterocycles. The van der Waals surface area contributed by atoms with E-state index in [-0.39, 0.29) is 11.5 Å². The number of hydrogen-bond acceptors (Lipinski definition) is 5. The molecule has 0 atom stereocenters. The normalized spacial score (nSPS) is 14.3. The second kappa shape index (κ2) is 6.72. The van der Waals surface area contributed by atoms with Crippen LogP contribution >= 0.6 is 11.8 Å². The first-order chi connectivity index (χ1) is 12.2. The van der Waals surface area contributed by atoms with Crippen molar-refractivity contribution in [3.63, 3.8) is 0 Å². The van der Waals surface area contributed by atoms with Gasteiger partial charge in [-0.05, 0) is 12.8 Å². The Morgan fingerprint density at radius 1 is 1.16 bits per heavy atom. The van der Waals surface area contributed by atoms with Crippen molar-refractivity contribution in [3.8, 4) is 11.4 Å². The van der Waals surface area contributed by atoms with Crippen LogP contribution < -0.4 is 5.56 Å². The molecule has 1 aromatic carbocycles. The summed E-state index contributed by atoms with van der Waals surface area (Å²) in [5.41, 5.74) is 1.12. The van der Waals surface area contributed by atoms with E-state index in [4.69, 9.17) is 0 Å². The van der Waals surface area contributed by atoms with Crippen LogP contribution in [0.5, 0.6) is 0 Å². The topological polar surface area (TPSA) is 83.4 Å². The maximum absolute atomic E-state index is 12.3. The lowest BCUT2D eigenvalue weighted by Gasteiger charge is -2.14. The molecular formula is C17H17N5O2S. The summed E-state index contributed by atoms with van der Waals surface area (Å²) >= 11 is 1.32. The number of carbonyl (C=O) groups excluding carboxylic acids is 1. The van der Waals surface area contributed by atoms with Crippen molar-refractivity contribution in [2.75, 3.05) is 18.8 Å². The second-order valence-corrected chi connectivity index (χ2v) is 6.83. The second-order valence-electron chi connectivity index (χ2n) is 5.89. The summed E-state index contributed by atoms with van der Waals surface area (Å²) in [6.45, 7) is 1.66. The molecule has 1 fully saturated rings. The van der Waals surface area contributed by atoms with Crippen LogP contribution in [-0.2, 0) is 4.79 Å². The lowest BCUT2D eigenvalue weighted by atomic mass is 10.2. The van der Waals surface area contributed by atoms with E-state index in [1.807, 2.05) is 35.2 Å². The summed E-state index contributed by atoms with van der Waals surface area (Å²) in [6.07, 6.45) is 2.13. The first kappa shape index (κ1) is 15.9. The van der Waals surface area contributed by atoms with Gasteiger partial charge in [0.25, 0.3) is 5.56 Å². The molecule has 3 aromatic rings. The van der Waals surface area contributed by atoms with E-state index >= 15 is 0 Å². The van der Waals surface area contributed by atoms with Crippen LogP contribution in [0.1, 0.15) is 12.8 Å². The van der Waals surface area contributed by atoms with Gasteiger partial charge in [0.05, 0.1) is 5.75 Å². The highest BCUT2D eigenvalue weighted by molar-refractivity contribution is 7.99. The van der Waals surface area contributed by atoms with Crippen LogP contribution in [0.15, 0.2) is 46.3 Å². The number of amides is 1. The van der Waals surface area contributed by atoms with Crippen LogP contribution in [0.3, 0.4) is 0 Å². The van der Waals surface area contributed by atoms with E-state index in [9.17, 15) is 9.59 Å². The molecule has 128 valence electrons. The molecule has 1 aliphatic rings. The Kier molecular flexibility index (Phi) is 4.27. The minimum Gasteiger partial charge on any atom is -0.342 e. The fraction of sp³-hybridized carbons (Fsp3) is 0.294. The number of aromatic nitrogens is 4. The van der Waals surface area contributed by atoms with Crippen LogP contribution in [0.25, 0.3) is 17.0 Å². The highest BCUT2D eigenvalue weighted by Gasteiger charge is 2.19. The molecule has 0 radical (unpaired) electrons. The SMILES string of the molecule is O=C(CSc1nc(-c2ccccc2)nc2cc(=O)[nH]n12)N1CCCC1. The number of H-pyrrole nitrogens is 1. The Morgan fingerprint density at radius 3 is 2.68 bits per heavy atom. The molecule has 0 aliphatic carbocycles. The number of nitrogens with zero attached hydrogens (tertiary/aromatic N) is 4. The van der Waals surface area contributed by atoms with Crippen LogP contribution in [-0.4, -0.2) is 49.2 Å². The Balaban J connectivity index is 1.66. The quantitative estimate of drug-likeness (QED) is 0.722. The summed E-state index contributed by atoms with van der Waals surface area (Å²) in [4.78, 5) is 34.9. The molecule has 0 spiro atoms. The van der Waals surface area contributed by atoms with Gasteiger partial charge in [-0.1, -0.05) is 42.1 Å². The molecule has 4 rings (SSSR count). The standard InChI is InChI=1S/C17H17N5O2S/c23-14-10-13-18-16(12-6-2-1-3-7-12)19-17(22(13)20-14)25-11-15(24)21-8-4-5-9-21/h1-3,6-7,10H,4-5,8-9,11H2,(H,20,23). The summed E-state index contributed by atoms with van der Waals surface area (Å²) in [7, 11) is 0. The van der Waals surface area contributed by atoms with Crippen molar-refractivity contribution >= 4 is 23.3 Å². The van der Waals surface area contributed by atoms with Gasteiger partial charge in [0.1, 0.15) is 0 Å². The van der Waals surface area contributed by atoms with Gasteiger partial charge in [-0.2, -0.15) is 0 Å². The maximum Gasteiger partial charge on any atom is 0.266 e. The van der Waals surface area contributed by atoms with Crippen molar-refractivity contribution in [2.24, 2.45) is 0 Å². The molecule has 0 saturated carbocycles. The van der Waals surface area contributed by atoms with E-state index in [0.29, 0.717) is 22.4 Å². The number of hydrogen-bond donors (Lipinski definition) is 1. The van der Waals surface area contributed by atoms with Crippen molar-refractivity contribution in [2.45, 2.75) is 18.0 Å². The van der Waals surface area contributed by atoms with Gasteiger partial charge in [-0.3, -0.25) is 14.7 Å². The Hall–Kier alpha value is -2.61. The average Bonchev–Trinajstić information content (AvgIpc) is 3.28. The zero-order valence-electron chi connectivity index (χ0n) is 13.5. The van der Waals surface area contributed by atoms with E-state index in [0.717, 1.165) is 31.5 Å². The number of fused-ring (bicyclic) bond motifs is 1. The summed E-state index contributed by atoms with van der Waals surface area (Å²) in [6, 6.07) is 11.0. The zero-order valence-corrected chi connectivity index (χ0v) is 14.3. The summed E-state index contributed by atoms with van der Waals surface area (Å²) in [5.74, 6) is 0.932. The Bertz CT molecular complexity index is 960. The van der Waals surface area contributed by atoms with E-state index in [2.05, 4.69) is 15.1 Å². The molecule has 1 amide bonds. The third-order valence-electron chi connectivity index (χ3n) is 4.14. The Morgan fingerprint density at radius 2 is 1.92 bits per heavy atom. The van der Waals surface area contributed by atoms with E-state index in [1.54, 1.807) is 0 Å². The zero-order chi connectivity index (χ0) is 17.2. The fourth-order valence-electron chi connectivity index (χ4n) is 2.88. The summed E-state index contributed by atoms with van der Waals surface area (Å²) in [5, 5.41) is 3.24. The van der Waals surface area contributed by atoms with E-state index < -0.39 is 0 Å². The predicted molar refractivity (Wildman–Crippen MR) is 95.6 cm³/mol. The van der Waals surface area contributed by atoms with Gasteiger partial charge < -0.3 is 4.90 Å². The number of thioether (sulfide) groups is 1. The maximum atomic E-state index is 12.3. The van der Waals surface area contributed by atoms with Crippen molar-refractivity contribution in [1.82, 2.24) is 24.5 Å². The third-order valence-corrected chi connectivity index (χ3v) is 5.06. The third kappa shape index (κ3) is 3.30. The molecule has 7 nitrogen and oxygen atoms in total. The number of carbonyl (C=O) groups is 1. The number of aromatic amines is 1. The predicted octanol–water partition coefficient (Wildman–Crippen LogP) is 1.80. The van der Waals surface area contributed by atoms with Gasteiger partial charge >= 0.3 is 0 Å². The van der Waals surface area contributed by atoms with Gasteiger partial charge in [-0.15, -0.1) is 0 Å².